The van der Waals surface area contributed by atoms with Crippen LogP contribution in [0.4, 0.5) is 0 Å². The van der Waals surface area contributed by atoms with Crippen LogP contribution in [-0.4, -0.2) is 18.0 Å². The molecule has 0 radical (unpaired) electrons. The summed E-state index contributed by atoms with van der Waals surface area (Å²) in [7, 11) is 1.64. The average Bonchev–Trinajstić information content (AvgIpc) is 2.44. The third-order valence-electron chi connectivity index (χ3n) is 4.20. The first kappa shape index (κ1) is 15.0. The molecule has 5 heteroatoms. The van der Waals surface area contributed by atoms with Gasteiger partial charge in [0.25, 0.3) is 0 Å². The Kier molecular flexibility index (Phi) is 3.68. The summed E-state index contributed by atoms with van der Waals surface area (Å²) < 4.78 is 5.20. The first-order valence-electron chi connectivity index (χ1n) is 7.37. The Morgan fingerprint density at radius 2 is 1.91 bits per heavy atom. The molecule has 2 aliphatic rings. The minimum Gasteiger partial charge on any atom is -0.497 e. The normalized spacial score (nSPS) is 23.5. The molecule has 1 aliphatic heterocycles. The zero-order valence-electron chi connectivity index (χ0n) is 13.0. The molecule has 0 aromatic heterocycles. The SMILES string of the molecule is COc1ccc([C@@H]2NC(=S)NC3=C2C(=O)CC(C)(C)C3)cc1. The molecule has 1 aromatic rings. The van der Waals surface area contributed by atoms with Crippen molar-refractivity contribution >= 4 is 23.1 Å². The summed E-state index contributed by atoms with van der Waals surface area (Å²) in [5.74, 6) is 0.986. The highest BCUT2D eigenvalue weighted by molar-refractivity contribution is 7.80. The Morgan fingerprint density at radius 3 is 2.55 bits per heavy atom. The summed E-state index contributed by atoms with van der Waals surface area (Å²) in [5.41, 5.74) is 2.77. The summed E-state index contributed by atoms with van der Waals surface area (Å²) in [4.78, 5) is 12.7. The topological polar surface area (TPSA) is 50.4 Å². The summed E-state index contributed by atoms with van der Waals surface area (Å²) in [5, 5.41) is 6.98. The Hall–Kier alpha value is -1.88. The van der Waals surface area contributed by atoms with Crippen molar-refractivity contribution < 1.29 is 9.53 Å². The highest BCUT2D eigenvalue weighted by atomic mass is 32.1. The van der Waals surface area contributed by atoms with Crippen molar-refractivity contribution in [3.05, 3.63) is 41.1 Å². The number of allylic oxidation sites excluding steroid dienone is 1. The molecule has 1 atom stereocenters. The number of nitrogens with one attached hydrogen (secondary N) is 2. The van der Waals surface area contributed by atoms with E-state index in [4.69, 9.17) is 17.0 Å². The second kappa shape index (κ2) is 5.39. The number of Topliss-reactive ketones (excluding diaryl/α,β-unsaturated/α-hetero) is 1. The van der Waals surface area contributed by atoms with Crippen molar-refractivity contribution in [2.45, 2.75) is 32.7 Å². The van der Waals surface area contributed by atoms with E-state index >= 15 is 0 Å². The van der Waals surface area contributed by atoms with Gasteiger partial charge >= 0.3 is 0 Å². The molecule has 0 fully saturated rings. The number of hydrogen-bond donors (Lipinski definition) is 2. The van der Waals surface area contributed by atoms with Gasteiger partial charge in [0.1, 0.15) is 5.75 Å². The molecular weight excluding hydrogens is 296 g/mol. The van der Waals surface area contributed by atoms with E-state index in [1.165, 1.54) is 0 Å². The molecule has 116 valence electrons. The quantitative estimate of drug-likeness (QED) is 0.822. The van der Waals surface area contributed by atoms with Crippen LogP contribution in [-0.2, 0) is 4.79 Å². The van der Waals surface area contributed by atoms with E-state index < -0.39 is 0 Å². The number of thiocarbonyl (C=S) groups is 1. The van der Waals surface area contributed by atoms with Crippen LogP contribution in [0.1, 0.15) is 38.3 Å². The molecular formula is C17H20N2O2S. The van der Waals surface area contributed by atoms with E-state index in [0.29, 0.717) is 11.5 Å². The van der Waals surface area contributed by atoms with Gasteiger partial charge < -0.3 is 15.4 Å². The molecule has 0 unspecified atom stereocenters. The molecule has 0 amide bonds. The van der Waals surface area contributed by atoms with Gasteiger partial charge in [-0.1, -0.05) is 26.0 Å². The Bertz CT molecular complexity index is 662. The van der Waals surface area contributed by atoms with Crippen molar-refractivity contribution in [3.8, 4) is 5.75 Å². The van der Waals surface area contributed by atoms with Crippen molar-refractivity contribution in [2.75, 3.05) is 7.11 Å². The van der Waals surface area contributed by atoms with Crippen LogP contribution in [0.2, 0.25) is 0 Å². The van der Waals surface area contributed by atoms with E-state index in [-0.39, 0.29) is 17.2 Å². The number of carbonyl (C=O) groups excluding carboxylic acids is 1. The lowest BCUT2D eigenvalue weighted by molar-refractivity contribution is -0.118. The Labute approximate surface area is 135 Å². The summed E-state index contributed by atoms with van der Waals surface area (Å²) in [6.07, 6.45) is 1.40. The smallest absolute Gasteiger partial charge is 0.171 e. The standard InChI is InChI=1S/C17H20N2O2S/c1-17(2)8-12-14(13(20)9-17)15(19-16(22)18-12)10-4-6-11(21-3)7-5-10/h4-7,15H,8-9H2,1-3H3,(H2,18,19,22)/t15-/m0/s1. The number of rotatable bonds is 2. The third kappa shape index (κ3) is 2.73. The van der Waals surface area contributed by atoms with Crippen LogP contribution in [0.25, 0.3) is 0 Å². The number of carbonyl (C=O) groups is 1. The van der Waals surface area contributed by atoms with Crippen molar-refractivity contribution in [1.82, 2.24) is 10.6 Å². The average molecular weight is 316 g/mol. The van der Waals surface area contributed by atoms with Gasteiger partial charge in [0.2, 0.25) is 0 Å². The summed E-state index contributed by atoms with van der Waals surface area (Å²) in [6, 6.07) is 7.57. The maximum Gasteiger partial charge on any atom is 0.171 e. The Morgan fingerprint density at radius 1 is 1.23 bits per heavy atom. The molecule has 2 N–H and O–H groups in total. The lowest BCUT2D eigenvalue weighted by Crippen LogP contribution is -2.48. The molecule has 22 heavy (non-hydrogen) atoms. The van der Waals surface area contributed by atoms with Gasteiger partial charge in [-0.2, -0.15) is 0 Å². The maximum absolute atomic E-state index is 12.7. The summed E-state index contributed by atoms with van der Waals surface area (Å²) in [6.45, 7) is 4.23. The lowest BCUT2D eigenvalue weighted by Gasteiger charge is -2.39. The van der Waals surface area contributed by atoms with Crippen LogP contribution in [0, 0.1) is 5.41 Å². The van der Waals surface area contributed by atoms with E-state index in [2.05, 4.69) is 24.5 Å². The molecule has 0 spiro atoms. The third-order valence-corrected chi connectivity index (χ3v) is 4.42. The fraction of sp³-hybridized carbons (Fsp3) is 0.412. The molecule has 0 bridgehead atoms. The van der Waals surface area contributed by atoms with Gasteiger partial charge in [-0.25, -0.2) is 0 Å². The van der Waals surface area contributed by atoms with E-state index in [1.807, 2.05) is 24.3 Å². The largest absolute Gasteiger partial charge is 0.497 e. The van der Waals surface area contributed by atoms with Gasteiger partial charge in [-0.15, -0.1) is 0 Å². The maximum atomic E-state index is 12.7. The van der Waals surface area contributed by atoms with Crippen LogP contribution in [0.5, 0.6) is 5.75 Å². The number of hydrogen-bond acceptors (Lipinski definition) is 3. The number of ether oxygens (including phenoxy) is 1. The van der Waals surface area contributed by atoms with Crippen LogP contribution in [0.3, 0.4) is 0 Å². The highest BCUT2D eigenvalue weighted by Crippen LogP contribution is 2.41. The van der Waals surface area contributed by atoms with E-state index in [9.17, 15) is 4.79 Å². The Balaban J connectivity index is 2.02. The fourth-order valence-corrected chi connectivity index (χ4v) is 3.44. The molecule has 4 nitrogen and oxygen atoms in total. The van der Waals surface area contributed by atoms with E-state index in [1.54, 1.807) is 7.11 Å². The molecule has 1 aliphatic carbocycles. The minimum atomic E-state index is -0.182. The predicted octanol–water partition coefficient (Wildman–Crippen LogP) is 2.86. The second-order valence-electron chi connectivity index (χ2n) is 6.64. The monoisotopic (exact) mass is 316 g/mol. The van der Waals surface area contributed by atoms with Gasteiger partial charge in [-0.05, 0) is 41.7 Å². The van der Waals surface area contributed by atoms with Crippen LogP contribution in [0.15, 0.2) is 35.5 Å². The number of ketones is 1. The van der Waals surface area contributed by atoms with Crippen molar-refractivity contribution in [2.24, 2.45) is 5.41 Å². The van der Waals surface area contributed by atoms with Gasteiger partial charge in [0, 0.05) is 17.7 Å². The highest BCUT2D eigenvalue weighted by Gasteiger charge is 2.39. The zero-order chi connectivity index (χ0) is 15.9. The zero-order valence-corrected chi connectivity index (χ0v) is 13.8. The lowest BCUT2D eigenvalue weighted by atomic mass is 9.73. The van der Waals surface area contributed by atoms with Gasteiger partial charge in [0.05, 0.1) is 13.2 Å². The van der Waals surface area contributed by atoms with Crippen molar-refractivity contribution in [1.29, 1.82) is 0 Å². The molecule has 0 saturated heterocycles. The van der Waals surface area contributed by atoms with Crippen molar-refractivity contribution in [3.63, 3.8) is 0 Å². The summed E-state index contributed by atoms with van der Waals surface area (Å²) >= 11 is 5.32. The molecule has 0 saturated carbocycles. The number of methoxy groups -OCH3 is 1. The first-order chi connectivity index (χ1) is 10.4. The van der Waals surface area contributed by atoms with Crippen LogP contribution < -0.4 is 15.4 Å². The predicted molar refractivity (Wildman–Crippen MR) is 89.7 cm³/mol. The van der Waals surface area contributed by atoms with E-state index in [0.717, 1.165) is 29.0 Å². The molecule has 3 rings (SSSR count). The van der Waals surface area contributed by atoms with Gasteiger partial charge in [0.15, 0.2) is 10.9 Å². The second-order valence-corrected chi connectivity index (χ2v) is 7.05. The first-order valence-corrected chi connectivity index (χ1v) is 7.78. The molecule has 1 heterocycles. The van der Waals surface area contributed by atoms with Crippen LogP contribution >= 0.6 is 12.2 Å². The number of benzene rings is 1. The molecule has 1 aromatic carbocycles. The minimum absolute atomic E-state index is 0.0275. The van der Waals surface area contributed by atoms with Gasteiger partial charge in [-0.3, -0.25) is 4.79 Å². The fourth-order valence-electron chi connectivity index (χ4n) is 3.20.